The lowest BCUT2D eigenvalue weighted by atomic mass is 9.99. The van der Waals surface area contributed by atoms with Crippen LogP contribution in [0.3, 0.4) is 0 Å². The van der Waals surface area contributed by atoms with Gasteiger partial charge in [0.2, 0.25) is 0 Å². The highest BCUT2D eigenvalue weighted by Gasteiger charge is 2.15. The highest BCUT2D eigenvalue weighted by molar-refractivity contribution is 9.10. The van der Waals surface area contributed by atoms with E-state index in [9.17, 15) is 0 Å². The van der Waals surface area contributed by atoms with Crippen molar-refractivity contribution in [1.82, 2.24) is 5.43 Å². The van der Waals surface area contributed by atoms with Gasteiger partial charge in [-0.3, -0.25) is 11.3 Å². The molecule has 5 heteroatoms. The minimum absolute atomic E-state index is 0.0464. The van der Waals surface area contributed by atoms with Gasteiger partial charge in [0.15, 0.2) is 0 Å². The van der Waals surface area contributed by atoms with Gasteiger partial charge in [0.1, 0.15) is 0 Å². The summed E-state index contributed by atoms with van der Waals surface area (Å²) in [5.41, 5.74) is 4.78. The predicted molar refractivity (Wildman–Crippen MR) is 84.4 cm³/mol. The van der Waals surface area contributed by atoms with Gasteiger partial charge >= 0.3 is 0 Å². The molecule has 100 valence electrons. The van der Waals surface area contributed by atoms with Crippen LogP contribution < -0.4 is 11.3 Å². The molecule has 0 spiro atoms. The number of rotatable bonds is 4. The summed E-state index contributed by atoms with van der Waals surface area (Å²) in [6.07, 6.45) is 0.630. The van der Waals surface area contributed by atoms with Crippen LogP contribution in [0.2, 0.25) is 10.0 Å². The zero-order chi connectivity index (χ0) is 13.8. The Hall–Kier alpha value is -0.580. The van der Waals surface area contributed by atoms with E-state index in [-0.39, 0.29) is 6.04 Å². The SMILES string of the molecule is NNC(Cc1c(Cl)cccc1Cl)c1cccc(Br)c1. The molecular formula is C14H13BrCl2N2. The molecule has 1 atom stereocenters. The molecule has 0 radical (unpaired) electrons. The third kappa shape index (κ3) is 3.71. The second kappa shape index (κ2) is 6.73. The summed E-state index contributed by atoms with van der Waals surface area (Å²) in [6, 6.07) is 13.4. The third-order valence-corrected chi connectivity index (χ3v) is 4.12. The number of hydrazine groups is 1. The monoisotopic (exact) mass is 358 g/mol. The van der Waals surface area contributed by atoms with Gasteiger partial charge in [-0.2, -0.15) is 0 Å². The second-order valence-electron chi connectivity index (χ2n) is 4.18. The van der Waals surface area contributed by atoms with Gasteiger partial charge in [-0.15, -0.1) is 0 Å². The molecule has 0 amide bonds. The van der Waals surface area contributed by atoms with E-state index in [4.69, 9.17) is 29.0 Å². The van der Waals surface area contributed by atoms with E-state index in [1.54, 1.807) is 0 Å². The lowest BCUT2D eigenvalue weighted by Crippen LogP contribution is -2.29. The van der Waals surface area contributed by atoms with Crippen molar-refractivity contribution in [2.24, 2.45) is 5.84 Å². The maximum atomic E-state index is 6.19. The zero-order valence-electron chi connectivity index (χ0n) is 10.0. The minimum atomic E-state index is -0.0464. The van der Waals surface area contributed by atoms with E-state index in [0.29, 0.717) is 16.5 Å². The normalized spacial score (nSPS) is 12.4. The van der Waals surface area contributed by atoms with E-state index in [1.165, 1.54) is 0 Å². The van der Waals surface area contributed by atoms with Crippen LogP contribution in [0.15, 0.2) is 46.9 Å². The number of nitrogens with one attached hydrogen (secondary N) is 1. The molecule has 2 nitrogen and oxygen atoms in total. The van der Waals surface area contributed by atoms with Gasteiger partial charge < -0.3 is 0 Å². The number of hydrogen-bond acceptors (Lipinski definition) is 2. The molecule has 2 rings (SSSR count). The zero-order valence-corrected chi connectivity index (χ0v) is 13.1. The molecule has 0 bridgehead atoms. The first kappa shape index (κ1) is 14.8. The molecular weight excluding hydrogens is 347 g/mol. The summed E-state index contributed by atoms with van der Waals surface area (Å²) in [4.78, 5) is 0. The van der Waals surface area contributed by atoms with Gasteiger partial charge in [0.25, 0.3) is 0 Å². The van der Waals surface area contributed by atoms with Crippen LogP contribution in [0.1, 0.15) is 17.2 Å². The molecule has 1 unspecified atom stereocenters. The fraction of sp³-hybridized carbons (Fsp3) is 0.143. The molecule has 0 saturated carbocycles. The Balaban J connectivity index is 2.29. The van der Waals surface area contributed by atoms with Crippen LogP contribution in [0, 0.1) is 0 Å². The highest BCUT2D eigenvalue weighted by Crippen LogP contribution is 2.29. The minimum Gasteiger partial charge on any atom is -0.271 e. The van der Waals surface area contributed by atoms with E-state index in [2.05, 4.69) is 21.4 Å². The smallest absolute Gasteiger partial charge is 0.0501 e. The average molecular weight is 360 g/mol. The first-order valence-corrected chi connectivity index (χ1v) is 7.31. The third-order valence-electron chi connectivity index (χ3n) is 2.92. The lowest BCUT2D eigenvalue weighted by Gasteiger charge is -2.18. The summed E-state index contributed by atoms with van der Waals surface area (Å²) in [7, 11) is 0. The predicted octanol–water partition coefficient (Wildman–Crippen LogP) is 4.50. The van der Waals surface area contributed by atoms with E-state index >= 15 is 0 Å². The van der Waals surface area contributed by atoms with Gasteiger partial charge in [0.05, 0.1) is 6.04 Å². The Bertz CT molecular complexity index is 555. The summed E-state index contributed by atoms with van der Waals surface area (Å²) in [5, 5.41) is 1.31. The molecule has 0 heterocycles. The molecule has 19 heavy (non-hydrogen) atoms. The number of halogens is 3. The van der Waals surface area contributed by atoms with Crippen molar-refractivity contribution in [2.75, 3.05) is 0 Å². The van der Waals surface area contributed by atoms with Crippen LogP contribution in [0.5, 0.6) is 0 Å². The fourth-order valence-corrected chi connectivity index (χ4v) is 2.90. The Morgan fingerprint density at radius 1 is 1.11 bits per heavy atom. The topological polar surface area (TPSA) is 38.0 Å². The van der Waals surface area contributed by atoms with Crippen molar-refractivity contribution in [3.63, 3.8) is 0 Å². The van der Waals surface area contributed by atoms with Crippen LogP contribution in [0.25, 0.3) is 0 Å². The van der Waals surface area contributed by atoms with Crippen molar-refractivity contribution in [1.29, 1.82) is 0 Å². The fourth-order valence-electron chi connectivity index (χ4n) is 1.93. The Labute approximate surface area is 131 Å². The first-order chi connectivity index (χ1) is 9.11. The van der Waals surface area contributed by atoms with Gasteiger partial charge in [-0.1, -0.05) is 57.3 Å². The largest absolute Gasteiger partial charge is 0.271 e. The van der Waals surface area contributed by atoms with Crippen molar-refractivity contribution >= 4 is 39.1 Å². The van der Waals surface area contributed by atoms with Gasteiger partial charge in [-0.25, -0.2) is 0 Å². The Morgan fingerprint density at radius 3 is 2.32 bits per heavy atom. The first-order valence-electron chi connectivity index (χ1n) is 5.76. The molecule has 0 aromatic heterocycles. The molecule has 2 aromatic rings. The van der Waals surface area contributed by atoms with Crippen molar-refractivity contribution in [2.45, 2.75) is 12.5 Å². The van der Waals surface area contributed by atoms with Crippen LogP contribution in [-0.4, -0.2) is 0 Å². The molecule has 0 aliphatic heterocycles. The maximum Gasteiger partial charge on any atom is 0.0501 e. The quantitative estimate of drug-likeness (QED) is 0.622. The molecule has 3 N–H and O–H groups in total. The van der Waals surface area contributed by atoms with E-state index in [0.717, 1.165) is 15.6 Å². The maximum absolute atomic E-state index is 6.19. The molecule has 0 saturated heterocycles. The van der Waals surface area contributed by atoms with Crippen LogP contribution >= 0.6 is 39.1 Å². The standard InChI is InChI=1S/C14H13BrCl2N2/c15-10-4-1-3-9(7-10)14(19-18)8-11-12(16)5-2-6-13(11)17/h1-7,14,19H,8,18H2. The summed E-state index contributed by atoms with van der Waals surface area (Å²) in [5.74, 6) is 5.65. The molecule has 2 aromatic carbocycles. The molecule has 0 aliphatic carbocycles. The second-order valence-corrected chi connectivity index (χ2v) is 5.91. The average Bonchev–Trinajstić information content (AvgIpc) is 2.38. The Morgan fingerprint density at radius 2 is 1.74 bits per heavy atom. The lowest BCUT2D eigenvalue weighted by molar-refractivity contribution is 0.552. The van der Waals surface area contributed by atoms with Crippen molar-refractivity contribution in [3.05, 3.63) is 68.1 Å². The molecule has 0 fully saturated rings. The summed E-state index contributed by atoms with van der Waals surface area (Å²) in [6.45, 7) is 0. The van der Waals surface area contributed by atoms with E-state index < -0.39 is 0 Å². The number of benzene rings is 2. The van der Waals surface area contributed by atoms with Crippen LogP contribution in [-0.2, 0) is 6.42 Å². The van der Waals surface area contributed by atoms with Crippen molar-refractivity contribution < 1.29 is 0 Å². The van der Waals surface area contributed by atoms with E-state index in [1.807, 2.05) is 42.5 Å². The number of nitrogens with two attached hydrogens (primary N) is 1. The van der Waals surface area contributed by atoms with Crippen molar-refractivity contribution in [3.8, 4) is 0 Å². The summed E-state index contributed by atoms with van der Waals surface area (Å²) >= 11 is 15.8. The highest BCUT2D eigenvalue weighted by atomic mass is 79.9. The van der Waals surface area contributed by atoms with Crippen LogP contribution in [0.4, 0.5) is 0 Å². The van der Waals surface area contributed by atoms with Gasteiger partial charge in [-0.05, 0) is 41.8 Å². The van der Waals surface area contributed by atoms with Gasteiger partial charge in [0, 0.05) is 14.5 Å². The Kier molecular flexibility index (Phi) is 5.25. The number of hydrogen-bond donors (Lipinski definition) is 2. The summed E-state index contributed by atoms with van der Waals surface area (Å²) < 4.78 is 1.01. The molecule has 0 aliphatic rings.